The Balaban J connectivity index is 1.61. The molecule has 0 atom stereocenters. The summed E-state index contributed by atoms with van der Waals surface area (Å²) >= 11 is 0. The van der Waals surface area contributed by atoms with Crippen LogP contribution in [0.25, 0.3) is 0 Å². The zero-order valence-electron chi connectivity index (χ0n) is 16.9. The van der Waals surface area contributed by atoms with Gasteiger partial charge >= 0.3 is 0 Å². The van der Waals surface area contributed by atoms with Gasteiger partial charge in [0.05, 0.1) is 19.8 Å². The SMILES string of the molecule is COc1ccc(CNc2ncc(C(=O)Nc3ccc(C)c(C)c3)cn2)cc1OC. The molecule has 150 valence electrons. The molecular weight excluding hydrogens is 368 g/mol. The van der Waals surface area contributed by atoms with Crippen LogP contribution in [0.15, 0.2) is 48.8 Å². The first-order valence-corrected chi connectivity index (χ1v) is 9.15. The summed E-state index contributed by atoms with van der Waals surface area (Å²) in [6.45, 7) is 4.55. The van der Waals surface area contributed by atoms with E-state index in [1.807, 2.05) is 50.2 Å². The number of methoxy groups -OCH3 is 2. The molecule has 7 heteroatoms. The van der Waals surface area contributed by atoms with Crippen molar-refractivity contribution < 1.29 is 14.3 Å². The van der Waals surface area contributed by atoms with Gasteiger partial charge in [-0.15, -0.1) is 0 Å². The molecule has 0 radical (unpaired) electrons. The van der Waals surface area contributed by atoms with E-state index in [2.05, 4.69) is 20.6 Å². The van der Waals surface area contributed by atoms with E-state index in [0.717, 1.165) is 16.8 Å². The summed E-state index contributed by atoms with van der Waals surface area (Å²) in [5.41, 5.74) is 4.42. The van der Waals surface area contributed by atoms with E-state index in [1.54, 1.807) is 14.2 Å². The second-order valence-corrected chi connectivity index (χ2v) is 6.59. The lowest BCUT2D eigenvalue weighted by atomic mass is 10.1. The number of anilines is 2. The average Bonchev–Trinajstić information content (AvgIpc) is 2.75. The molecule has 1 amide bonds. The van der Waals surface area contributed by atoms with Crippen LogP contribution in [0, 0.1) is 13.8 Å². The summed E-state index contributed by atoms with van der Waals surface area (Å²) in [5.74, 6) is 1.51. The standard InChI is InChI=1S/C22H24N4O3/c1-14-5-7-18(9-15(14)2)26-21(27)17-12-24-22(25-13-17)23-11-16-6-8-19(28-3)20(10-16)29-4/h5-10,12-13H,11H2,1-4H3,(H,26,27)(H,23,24,25). The lowest BCUT2D eigenvalue weighted by molar-refractivity contribution is 0.102. The molecule has 0 aliphatic rings. The Kier molecular flexibility index (Phi) is 6.29. The van der Waals surface area contributed by atoms with Crippen LogP contribution in [0.2, 0.25) is 0 Å². The average molecular weight is 392 g/mol. The number of ether oxygens (including phenoxy) is 2. The Morgan fingerprint density at radius 3 is 2.31 bits per heavy atom. The van der Waals surface area contributed by atoms with E-state index in [-0.39, 0.29) is 5.91 Å². The van der Waals surface area contributed by atoms with Crippen molar-refractivity contribution in [1.82, 2.24) is 9.97 Å². The number of carbonyl (C=O) groups is 1. The van der Waals surface area contributed by atoms with Crippen LogP contribution in [0.4, 0.5) is 11.6 Å². The number of benzene rings is 2. The molecule has 0 spiro atoms. The van der Waals surface area contributed by atoms with Gasteiger partial charge in [0.15, 0.2) is 11.5 Å². The van der Waals surface area contributed by atoms with E-state index in [1.165, 1.54) is 18.0 Å². The number of aryl methyl sites for hydroxylation is 2. The minimum Gasteiger partial charge on any atom is -0.493 e. The van der Waals surface area contributed by atoms with Crippen LogP contribution in [0.1, 0.15) is 27.0 Å². The van der Waals surface area contributed by atoms with Crippen LogP contribution in [-0.4, -0.2) is 30.1 Å². The van der Waals surface area contributed by atoms with Gasteiger partial charge in [-0.05, 0) is 54.8 Å². The summed E-state index contributed by atoms with van der Waals surface area (Å²) in [6, 6.07) is 11.4. The van der Waals surface area contributed by atoms with Crippen molar-refractivity contribution in [3.05, 3.63) is 71.0 Å². The first-order chi connectivity index (χ1) is 14.0. The monoisotopic (exact) mass is 392 g/mol. The highest BCUT2D eigenvalue weighted by atomic mass is 16.5. The largest absolute Gasteiger partial charge is 0.493 e. The maximum atomic E-state index is 12.4. The molecule has 3 rings (SSSR count). The number of nitrogens with zero attached hydrogens (tertiary/aromatic N) is 2. The van der Waals surface area contributed by atoms with Crippen LogP contribution >= 0.6 is 0 Å². The molecule has 0 saturated carbocycles. The summed E-state index contributed by atoms with van der Waals surface area (Å²) in [5, 5.41) is 5.99. The Labute approximate surface area is 170 Å². The van der Waals surface area contributed by atoms with E-state index in [4.69, 9.17) is 9.47 Å². The fraction of sp³-hybridized carbons (Fsp3) is 0.227. The number of hydrogen-bond donors (Lipinski definition) is 2. The zero-order valence-corrected chi connectivity index (χ0v) is 16.9. The molecule has 3 aromatic rings. The van der Waals surface area contributed by atoms with Crippen molar-refractivity contribution in [2.75, 3.05) is 24.9 Å². The van der Waals surface area contributed by atoms with Crippen molar-refractivity contribution >= 4 is 17.5 Å². The summed E-state index contributed by atoms with van der Waals surface area (Å²) in [4.78, 5) is 20.8. The molecule has 1 aromatic heterocycles. The Hall–Kier alpha value is -3.61. The molecule has 0 unspecified atom stereocenters. The second-order valence-electron chi connectivity index (χ2n) is 6.59. The number of nitrogens with one attached hydrogen (secondary N) is 2. The minimum absolute atomic E-state index is 0.250. The van der Waals surface area contributed by atoms with Gasteiger partial charge in [-0.25, -0.2) is 9.97 Å². The summed E-state index contributed by atoms with van der Waals surface area (Å²) in [7, 11) is 3.20. The van der Waals surface area contributed by atoms with E-state index in [9.17, 15) is 4.79 Å². The van der Waals surface area contributed by atoms with Crippen molar-refractivity contribution in [2.24, 2.45) is 0 Å². The van der Waals surface area contributed by atoms with Gasteiger partial charge in [0.1, 0.15) is 0 Å². The molecule has 0 bridgehead atoms. The van der Waals surface area contributed by atoms with Crippen molar-refractivity contribution in [2.45, 2.75) is 20.4 Å². The van der Waals surface area contributed by atoms with Gasteiger partial charge in [-0.1, -0.05) is 12.1 Å². The number of hydrogen-bond acceptors (Lipinski definition) is 6. The molecule has 2 aromatic carbocycles. The van der Waals surface area contributed by atoms with Crippen LogP contribution < -0.4 is 20.1 Å². The Morgan fingerprint density at radius 2 is 1.66 bits per heavy atom. The smallest absolute Gasteiger partial charge is 0.258 e. The molecule has 0 saturated heterocycles. The van der Waals surface area contributed by atoms with Crippen LogP contribution in [0.3, 0.4) is 0 Å². The fourth-order valence-corrected chi connectivity index (χ4v) is 2.73. The van der Waals surface area contributed by atoms with Gasteiger partial charge in [0.25, 0.3) is 5.91 Å². The molecule has 0 aliphatic heterocycles. The molecule has 1 heterocycles. The van der Waals surface area contributed by atoms with Crippen LogP contribution in [0.5, 0.6) is 11.5 Å². The highest BCUT2D eigenvalue weighted by Gasteiger charge is 2.09. The highest BCUT2D eigenvalue weighted by molar-refractivity contribution is 6.03. The number of carbonyl (C=O) groups excluding carboxylic acids is 1. The van der Waals surface area contributed by atoms with Gasteiger partial charge in [-0.3, -0.25) is 4.79 Å². The quantitative estimate of drug-likeness (QED) is 0.633. The number of aromatic nitrogens is 2. The molecule has 29 heavy (non-hydrogen) atoms. The normalized spacial score (nSPS) is 10.3. The molecule has 7 nitrogen and oxygen atoms in total. The Bertz CT molecular complexity index is 1000. The molecule has 2 N–H and O–H groups in total. The van der Waals surface area contributed by atoms with E-state index in [0.29, 0.717) is 29.6 Å². The third kappa shape index (κ3) is 5.01. The fourth-order valence-electron chi connectivity index (χ4n) is 2.73. The van der Waals surface area contributed by atoms with Gasteiger partial charge in [0.2, 0.25) is 5.95 Å². The van der Waals surface area contributed by atoms with Gasteiger partial charge in [-0.2, -0.15) is 0 Å². The van der Waals surface area contributed by atoms with Gasteiger partial charge < -0.3 is 20.1 Å². The topological polar surface area (TPSA) is 85.4 Å². The Morgan fingerprint density at radius 1 is 0.931 bits per heavy atom. The third-order valence-electron chi connectivity index (χ3n) is 4.58. The predicted molar refractivity (Wildman–Crippen MR) is 113 cm³/mol. The molecular formula is C22H24N4O3. The van der Waals surface area contributed by atoms with Crippen molar-refractivity contribution in [1.29, 1.82) is 0 Å². The maximum absolute atomic E-state index is 12.4. The molecule has 0 aliphatic carbocycles. The van der Waals surface area contributed by atoms with E-state index >= 15 is 0 Å². The van der Waals surface area contributed by atoms with Gasteiger partial charge in [0, 0.05) is 24.6 Å². The maximum Gasteiger partial charge on any atom is 0.258 e. The number of rotatable bonds is 7. The third-order valence-corrected chi connectivity index (χ3v) is 4.58. The lowest BCUT2D eigenvalue weighted by Crippen LogP contribution is -2.13. The highest BCUT2D eigenvalue weighted by Crippen LogP contribution is 2.27. The summed E-state index contributed by atoms with van der Waals surface area (Å²) in [6.07, 6.45) is 3.00. The first-order valence-electron chi connectivity index (χ1n) is 9.15. The minimum atomic E-state index is -0.250. The number of amides is 1. The summed E-state index contributed by atoms with van der Waals surface area (Å²) < 4.78 is 10.5. The lowest BCUT2D eigenvalue weighted by Gasteiger charge is -2.10. The van der Waals surface area contributed by atoms with Crippen LogP contribution in [-0.2, 0) is 6.54 Å². The predicted octanol–water partition coefficient (Wildman–Crippen LogP) is 3.98. The van der Waals surface area contributed by atoms with E-state index < -0.39 is 0 Å². The van der Waals surface area contributed by atoms with Crippen molar-refractivity contribution in [3.8, 4) is 11.5 Å². The second kappa shape index (κ2) is 9.05. The van der Waals surface area contributed by atoms with Crippen molar-refractivity contribution in [3.63, 3.8) is 0 Å². The zero-order chi connectivity index (χ0) is 20.8. The molecule has 0 fully saturated rings. The first kappa shape index (κ1) is 20.1.